The molecule has 0 saturated heterocycles. The van der Waals surface area contributed by atoms with E-state index in [1.165, 1.54) is 16.7 Å². The first-order valence-electron chi connectivity index (χ1n) is 9.45. The van der Waals surface area contributed by atoms with Crippen LogP contribution in [0.4, 0.5) is 0 Å². The summed E-state index contributed by atoms with van der Waals surface area (Å²) in [5.41, 5.74) is 4.99. The SMILES string of the molecule is CC(C)=CCCC(C)=CCCC(C)=CCOc1ccc(/C=C/C(=O)O)cc1. The molecule has 3 heteroatoms. The number of hydrogen-bond donors (Lipinski definition) is 1. The molecular weight excluding hydrogens is 336 g/mol. The number of allylic oxidation sites excluding steroid dienone is 5. The van der Waals surface area contributed by atoms with Crippen LogP contribution >= 0.6 is 0 Å². The van der Waals surface area contributed by atoms with Gasteiger partial charge in [-0.25, -0.2) is 4.79 Å². The van der Waals surface area contributed by atoms with Crippen molar-refractivity contribution in [2.24, 2.45) is 0 Å². The van der Waals surface area contributed by atoms with Crippen molar-refractivity contribution in [3.63, 3.8) is 0 Å². The van der Waals surface area contributed by atoms with Crippen LogP contribution in [0.15, 0.2) is 65.3 Å². The number of rotatable bonds is 11. The Morgan fingerprint density at radius 3 is 2.11 bits per heavy atom. The summed E-state index contributed by atoms with van der Waals surface area (Å²) in [6.07, 6.45) is 13.8. The number of aliphatic carboxylic acids is 1. The predicted molar refractivity (Wildman–Crippen MR) is 114 cm³/mol. The van der Waals surface area contributed by atoms with E-state index in [1.54, 1.807) is 6.08 Å². The molecule has 146 valence electrons. The maximum Gasteiger partial charge on any atom is 0.328 e. The molecule has 0 amide bonds. The van der Waals surface area contributed by atoms with Gasteiger partial charge in [-0.3, -0.25) is 0 Å². The van der Waals surface area contributed by atoms with Gasteiger partial charge < -0.3 is 9.84 Å². The molecule has 1 aromatic carbocycles. The number of ether oxygens (including phenoxy) is 1. The minimum absolute atomic E-state index is 0.541. The Hall–Kier alpha value is -2.55. The Morgan fingerprint density at radius 1 is 0.926 bits per heavy atom. The first-order chi connectivity index (χ1) is 12.9. The topological polar surface area (TPSA) is 46.5 Å². The summed E-state index contributed by atoms with van der Waals surface area (Å²) >= 11 is 0. The maximum atomic E-state index is 10.5. The van der Waals surface area contributed by atoms with Gasteiger partial charge in [0.1, 0.15) is 12.4 Å². The van der Waals surface area contributed by atoms with Crippen LogP contribution in [0, 0.1) is 0 Å². The summed E-state index contributed by atoms with van der Waals surface area (Å²) < 4.78 is 5.72. The van der Waals surface area contributed by atoms with Crippen molar-refractivity contribution in [2.75, 3.05) is 6.61 Å². The minimum Gasteiger partial charge on any atom is -0.490 e. The third-order valence-electron chi connectivity index (χ3n) is 4.10. The lowest BCUT2D eigenvalue weighted by atomic mass is 10.1. The molecule has 1 N–H and O–H groups in total. The maximum absolute atomic E-state index is 10.5. The zero-order valence-electron chi connectivity index (χ0n) is 17.0. The summed E-state index contributed by atoms with van der Waals surface area (Å²) in [7, 11) is 0. The quantitative estimate of drug-likeness (QED) is 0.354. The molecule has 0 radical (unpaired) electrons. The normalized spacial score (nSPS) is 12.3. The fraction of sp³-hybridized carbons (Fsp3) is 0.375. The van der Waals surface area contributed by atoms with Gasteiger partial charge in [0.15, 0.2) is 0 Å². The van der Waals surface area contributed by atoms with Crippen LogP contribution < -0.4 is 4.74 Å². The summed E-state index contributed by atoms with van der Waals surface area (Å²) in [5, 5.41) is 8.62. The van der Waals surface area contributed by atoms with Crippen LogP contribution in [0.25, 0.3) is 6.08 Å². The van der Waals surface area contributed by atoms with E-state index in [0.29, 0.717) is 6.61 Å². The Kier molecular flexibility index (Phi) is 10.6. The fourth-order valence-electron chi connectivity index (χ4n) is 2.46. The summed E-state index contributed by atoms with van der Waals surface area (Å²) in [6, 6.07) is 7.38. The highest BCUT2D eigenvalue weighted by atomic mass is 16.5. The average molecular weight is 369 g/mol. The molecule has 0 saturated carbocycles. The van der Waals surface area contributed by atoms with E-state index in [1.807, 2.05) is 24.3 Å². The smallest absolute Gasteiger partial charge is 0.328 e. The second kappa shape index (κ2) is 12.7. The summed E-state index contributed by atoms with van der Waals surface area (Å²) in [4.78, 5) is 10.5. The number of hydrogen-bond acceptors (Lipinski definition) is 2. The molecule has 0 fully saturated rings. The highest BCUT2D eigenvalue weighted by Gasteiger charge is 1.95. The molecule has 3 nitrogen and oxygen atoms in total. The number of carboxylic acid groups (broad SMARTS) is 1. The van der Waals surface area contributed by atoms with Crippen molar-refractivity contribution in [1.29, 1.82) is 0 Å². The highest BCUT2D eigenvalue weighted by molar-refractivity contribution is 5.85. The third-order valence-corrected chi connectivity index (χ3v) is 4.10. The number of benzene rings is 1. The fourth-order valence-corrected chi connectivity index (χ4v) is 2.46. The van der Waals surface area contributed by atoms with E-state index in [2.05, 4.69) is 45.9 Å². The Morgan fingerprint density at radius 2 is 1.52 bits per heavy atom. The molecular formula is C24H32O3. The molecule has 0 spiro atoms. The van der Waals surface area contributed by atoms with E-state index < -0.39 is 5.97 Å². The van der Waals surface area contributed by atoms with E-state index in [0.717, 1.165) is 43.1 Å². The molecule has 0 aliphatic rings. The lowest BCUT2D eigenvalue weighted by Crippen LogP contribution is -1.94. The Bertz CT molecular complexity index is 700. The molecule has 0 atom stereocenters. The zero-order chi connectivity index (χ0) is 20.1. The van der Waals surface area contributed by atoms with E-state index in [-0.39, 0.29) is 0 Å². The van der Waals surface area contributed by atoms with Crippen LogP contribution in [0.2, 0.25) is 0 Å². The van der Waals surface area contributed by atoms with Crippen LogP contribution in [-0.2, 0) is 4.79 Å². The van der Waals surface area contributed by atoms with Crippen molar-refractivity contribution < 1.29 is 14.6 Å². The predicted octanol–water partition coefficient (Wildman–Crippen LogP) is 6.58. The molecule has 1 aromatic rings. The van der Waals surface area contributed by atoms with E-state index in [4.69, 9.17) is 9.84 Å². The van der Waals surface area contributed by atoms with Gasteiger partial charge in [-0.2, -0.15) is 0 Å². The van der Waals surface area contributed by atoms with Crippen LogP contribution in [0.1, 0.15) is 58.9 Å². The Balaban J connectivity index is 2.34. The van der Waals surface area contributed by atoms with Gasteiger partial charge in [0.25, 0.3) is 0 Å². The number of carboxylic acids is 1. The molecule has 0 aromatic heterocycles. The van der Waals surface area contributed by atoms with Crippen LogP contribution in [0.5, 0.6) is 5.75 Å². The largest absolute Gasteiger partial charge is 0.490 e. The molecule has 0 heterocycles. The van der Waals surface area contributed by atoms with Crippen molar-refractivity contribution in [3.05, 3.63) is 70.9 Å². The second-order valence-electron chi connectivity index (χ2n) is 7.01. The summed E-state index contributed by atoms with van der Waals surface area (Å²) in [5.74, 6) is -0.171. The number of carbonyl (C=O) groups is 1. The molecule has 0 aliphatic heterocycles. The van der Waals surface area contributed by atoms with E-state index >= 15 is 0 Å². The molecule has 0 bridgehead atoms. The Labute approximate surface area is 163 Å². The average Bonchev–Trinajstić information content (AvgIpc) is 2.60. The van der Waals surface area contributed by atoms with Crippen molar-refractivity contribution in [3.8, 4) is 5.75 Å². The molecule has 27 heavy (non-hydrogen) atoms. The summed E-state index contributed by atoms with van der Waals surface area (Å²) in [6.45, 7) is 9.16. The van der Waals surface area contributed by atoms with Gasteiger partial charge in [-0.05, 0) is 83.2 Å². The van der Waals surface area contributed by atoms with Crippen molar-refractivity contribution in [1.82, 2.24) is 0 Å². The van der Waals surface area contributed by atoms with Crippen molar-refractivity contribution >= 4 is 12.0 Å². The minimum atomic E-state index is -0.950. The molecule has 0 unspecified atom stereocenters. The van der Waals surface area contributed by atoms with Crippen LogP contribution in [-0.4, -0.2) is 17.7 Å². The highest BCUT2D eigenvalue weighted by Crippen LogP contribution is 2.14. The van der Waals surface area contributed by atoms with Gasteiger partial charge >= 0.3 is 5.97 Å². The van der Waals surface area contributed by atoms with E-state index in [9.17, 15) is 4.79 Å². The monoisotopic (exact) mass is 368 g/mol. The van der Waals surface area contributed by atoms with Gasteiger partial charge in [-0.1, -0.05) is 41.0 Å². The van der Waals surface area contributed by atoms with Gasteiger partial charge in [0.05, 0.1) is 0 Å². The third kappa shape index (κ3) is 11.6. The zero-order valence-corrected chi connectivity index (χ0v) is 17.0. The first kappa shape index (κ1) is 22.5. The molecule has 1 rings (SSSR count). The van der Waals surface area contributed by atoms with Crippen LogP contribution in [0.3, 0.4) is 0 Å². The van der Waals surface area contributed by atoms with Crippen molar-refractivity contribution in [2.45, 2.75) is 53.4 Å². The van der Waals surface area contributed by atoms with Gasteiger partial charge in [-0.15, -0.1) is 0 Å². The first-order valence-corrected chi connectivity index (χ1v) is 9.45. The standard InChI is InChI=1S/C24H32O3/c1-19(2)7-5-8-20(3)9-6-10-21(4)17-18-27-23-14-11-22(12-15-23)13-16-24(25)26/h7,9,11-17H,5-6,8,10,18H2,1-4H3,(H,25,26)/b16-13+,20-9?,21-17?. The second-order valence-corrected chi connectivity index (χ2v) is 7.01. The lowest BCUT2D eigenvalue weighted by Gasteiger charge is -2.05. The van der Waals surface area contributed by atoms with Gasteiger partial charge in [0.2, 0.25) is 0 Å². The van der Waals surface area contributed by atoms with Gasteiger partial charge in [0, 0.05) is 6.08 Å². The lowest BCUT2D eigenvalue weighted by molar-refractivity contribution is -0.131. The molecule has 0 aliphatic carbocycles.